The average molecular weight is 571 g/mol. The normalized spacial score (nSPS) is 16.9. The smallest absolute Gasteiger partial charge is 0.137 e. The van der Waals surface area contributed by atoms with E-state index < -0.39 is 0 Å². The molecule has 2 aliphatic carbocycles. The van der Waals surface area contributed by atoms with Gasteiger partial charge in [0.2, 0.25) is 0 Å². The molecule has 0 spiro atoms. The molecule has 0 saturated heterocycles. The summed E-state index contributed by atoms with van der Waals surface area (Å²) in [4.78, 5) is 11.9. The number of carbonyl (C=O) groups is 1. The Morgan fingerprint density at radius 2 is 1.98 bits per heavy atom. The second-order valence-corrected chi connectivity index (χ2v) is 10.7. The zero-order chi connectivity index (χ0) is 31.2. The van der Waals surface area contributed by atoms with E-state index in [-0.39, 0.29) is 5.78 Å². The molecule has 0 heterocycles. The number of nitrogens with two attached hydrogens (primary N) is 1. The maximum Gasteiger partial charge on any atom is 0.137 e. The molecular weight excluding hydrogens is 528 g/mol. The molecule has 1 aromatic carbocycles. The van der Waals surface area contributed by atoms with Gasteiger partial charge in [-0.15, -0.1) is 5.73 Å². The number of carbonyl (C=O) groups excluding carboxylic acids is 1. The molecular formula is C39H42N2O2. The lowest BCUT2D eigenvalue weighted by atomic mass is 9.96. The molecule has 0 bridgehead atoms. The lowest BCUT2D eigenvalue weighted by molar-refractivity contribution is -0.116. The first-order valence-corrected chi connectivity index (χ1v) is 14.7. The largest absolute Gasteiger partial charge is 0.457 e. The van der Waals surface area contributed by atoms with Crippen molar-refractivity contribution in [3.05, 3.63) is 137 Å². The van der Waals surface area contributed by atoms with E-state index in [9.17, 15) is 4.79 Å². The molecule has 43 heavy (non-hydrogen) atoms. The van der Waals surface area contributed by atoms with Crippen molar-refractivity contribution < 1.29 is 9.53 Å². The van der Waals surface area contributed by atoms with Gasteiger partial charge < -0.3 is 20.7 Å². The Morgan fingerprint density at radius 1 is 1.16 bits per heavy atom. The molecule has 3 rings (SSSR count). The monoisotopic (exact) mass is 570 g/mol. The Kier molecular flexibility index (Phi) is 12.7. The van der Waals surface area contributed by atoms with Gasteiger partial charge in [0.1, 0.15) is 17.3 Å². The molecule has 0 saturated carbocycles. The third-order valence-corrected chi connectivity index (χ3v) is 6.99. The highest BCUT2D eigenvalue weighted by Gasteiger charge is 2.15. The van der Waals surface area contributed by atoms with Crippen molar-refractivity contribution in [1.29, 1.82) is 5.41 Å². The summed E-state index contributed by atoms with van der Waals surface area (Å²) >= 11 is 0. The van der Waals surface area contributed by atoms with E-state index in [2.05, 4.69) is 55.0 Å². The fraction of sp³-hybridized carbons (Fsp3) is 0.256. The van der Waals surface area contributed by atoms with Gasteiger partial charge in [-0.25, -0.2) is 0 Å². The van der Waals surface area contributed by atoms with E-state index in [0.29, 0.717) is 43.0 Å². The van der Waals surface area contributed by atoms with Crippen LogP contribution in [0, 0.1) is 17.3 Å². The predicted molar refractivity (Wildman–Crippen MR) is 181 cm³/mol. The summed E-state index contributed by atoms with van der Waals surface area (Å²) in [6.45, 7) is 14.0. The van der Waals surface area contributed by atoms with Crippen LogP contribution in [0.3, 0.4) is 0 Å². The van der Waals surface area contributed by atoms with Crippen LogP contribution in [0.15, 0.2) is 125 Å². The van der Waals surface area contributed by atoms with Gasteiger partial charge in [-0.05, 0) is 136 Å². The van der Waals surface area contributed by atoms with Crippen molar-refractivity contribution >= 4 is 17.1 Å². The van der Waals surface area contributed by atoms with Crippen LogP contribution in [-0.4, -0.2) is 18.0 Å². The number of hydrogen-bond donors (Lipinski definition) is 2. The highest BCUT2D eigenvalue weighted by molar-refractivity contribution is 5.79. The number of benzene rings is 1. The van der Waals surface area contributed by atoms with Crippen molar-refractivity contribution in [3.63, 3.8) is 0 Å². The fourth-order valence-corrected chi connectivity index (χ4v) is 4.60. The summed E-state index contributed by atoms with van der Waals surface area (Å²) in [5.74, 6) is 7.48. The number of allylic oxidation sites excluding steroid dienone is 13. The topological polar surface area (TPSA) is 76.2 Å². The molecule has 1 aromatic rings. The number of ether oxygens (including phenoxy) is 1. The van der Waals surface area contributed by atoms with E-state index in [1.54, 1.807) is 13.0 Å². The average Bonchev–Trinajstić information content (AvgIpc) is 3.08. The fourth-order valence-electron chi connectivity index (χ4n) is 4.60. The third-order valence-electron chi connectivity index (χ3n) is 6.99. The van der Waals surface area contributed by atoms with Crippen LogP contribution in [0.25, 0.3) is 5.57 Å². The number of Topliss-reactive ketones (excluding diaryl/α,β-unsaturated/α-hetero) is 1. The van der Waals surface area contributed by atoms with E-state index in [0.717, 1.165) is 58.3 Å². The summed E-state index contributed by atoms with van der Waals surface area (Å²) in [7, 11) is 0. The highest BCUT2D eigenvalue weighted by atomic mass is 16.5. The minimum atomic E-state index is 0.136. The van der Waals surface area contributed by atoms with Gasteiger partial charge in [0.25, 0.3) is 0 Å². The summed E-state index contributed by atoms with van der Waals surface area (Å²) in [5.41, 5.74) is 17.5. The SMILES string of the molecule is C=CC#Cc1ccc(C2=C=CC/C=C(CCN)\C=C/2)c(OC2=CC(/C(=C\CCC(C)=N)CCC(C)=O)=CC(=C)C(C)=C2)c1. The van der Waals surface area contributed by atoms with Gasteiger partial charge in [0.15, 0.2) is 0 Å². The number of ketones is 1. The molecule has 0 atom stereocenters. The van der Waals surface area contributed by atoms with Crippen LogP contribution in [0.5, 0.6) is 5.75 Å². The first-order chi connectivity index (χ1) is 20.7. The molecule has 3 N–H and O–H groups in total. The van der Waals surface area contributed by atoms with Gasteiger partial charge in [-0.2, -0.15) is 0 Å². The number of rotatable bonds is 12. The summed E-state index contributed by atoms with van der Waals surface area (Å²) in [6.07, 6.45) is 22.1. The van der Waals surface area contributed by atoms with Crippen LogP contribution in [0.2, 0.25) is 0 Å². The van der Waals surface area contributed by atoms with E-state index >= 15 is 0 Å². The maximum absolute atomic E-state index is 11.9. The second kappa shape index (κ2) is 16.7. The van der Waals surface area contributed by atoms with Crippen molar-refractivity contribution in [2.75, 3.05) is 6.54 Å². The van der Waals surface area contributed by atoms with Crippen LogP contribution in [-0.2, 0) is 4.79 Å². The quantitative estimate of drug-likeness (QED) is 0.150. The highest BCUT2D eigenvalue weighted by Crippen LogP contribution is 2.33. The molecule has 2 aliphatic rings. The van der Waals surface area contributed by atoms with E-state index in [4.69, 9.17) is 15.9 Å². The zero-order valence-electron chi connectivity index (χ0n) is 25.7. The van der Waals surface area contributed by atoms with E-state index in [1.807, 2.05) is 56.4 Å². The maximum atomic E-state index is 11.9. The molecule has 0 aromatic heterocycles. The van der Waals surface area contributed by atoms with Gasteiger partial charge in [-0.3, -0.25) is 0 Å². The number of hydrogen-bond acceptors (Lipinski definition) is 4. The molecule has 220 valence electrons. The minimum Gasteiger partial charge on any atom is -0.457 e. The molecule has 0 amide bonds. The van der Waals surface area contributed by atoms with Crippen LogP contribution >= 0.6 is 0 Å². The molecule has 0 unspecified atom stereocenters. The van der Waals surface area contributed by atoms with Gasteiger partial charge in [-0.1, -0.05) is 48.8 Å². The van der Waals surface area contributed by atoms with Gasteiger partial charge in [0.05, 0.1) is 0 Å². The Labute approximate surface area is 257 Å². The van der Waals surface area contributed by atoms with Crippen molar-refractivity contribution in [3.8, 4) is 17.6 Å². The third kappa shape index (κ3) is 10.6. The molecule has 0 radical (unpaired) electrons. The summed E-state index contributed by atoms with van der Waals surface area (Å²) < 4.78 is 6.69. The van der Waals surface area contributed by atoms with Crippen molar-refractivity contribution in [1.82, 2.24) is 0 Å². The Morgan fingerprint density at radius 3 is 2.70 bits per heavy atom. The summed E-state index contributed by atoms with van der Waals surface area (Å²) in [5, 5.41) is 7.84. The number of nitrogens with one attached hydrogen (secondary N) is 1. The molecule has 4 nitrogen and oxygen atoms in total. The molecule has 0 fully saturated rings. The molecule has 4 heteroatoms. The van der Waals surface area contributed by atoms with E-state index in [1.165, 1.54) is 5.57 Å². The van der Waals surface area contributed by atoms with Gasteiger partial charge >= 0.3 is 0 Å². The minimum absolute atomic E-state index is 0.136. The van der Waals surface area contributed by atoms with Crippen molar-refractivity contribution in [2.45, 2.75) is 59.3 Å². The zero-order valence-corrected chi connectivity index (χ0v) is 25.7. The van der Waals surface area contributed by atoms with Crippen LogP contribution < -0.4 is 10.5 Å². The standard InChI is InChI=1S/C39H42N2O2/c1-6-7-12-33-18-21-38(35-14-9-8-13-32(17-20-35)22-23-40)39(26-33)43-37-25-29(3)28(2)24-36(27-37)34(19-16-31(5)42)15-10-11-30(4)41/h6,9,13,15,17-18,20-21,24-27,41H,1-2,8,10-11,16,19,22-23,40H2,3-5H3/b20-17-,32-13+,34-15-,41-30?. The lowest BCUT2D eigenvalue weighted by Crippen LogP contribution is -2.00. The van der Waals surface area contributed by atoms with Crippen LogP contribution in [0.1, 0.15) is 70.4 Å². The lowest BCUT2D eigenvalue weighted by Gasteiger charge is -2.15. The molecule has 0 aliphatic heterocycles. The Hall–Kier alpha value is -4.68. The van der Waals surface area contributed by atoms with Gasteiger partial charge in [0, 0.05) is 28.8 Å². The summed E-state index contributed by atoms with van der Waals surface area (Å²) in [6, 6.07) is 5.93. The first-order valence-electron chi connectivity index (χ1n) is 14.7. The Balaban J connectivity index is 2.11. The van der Waals surface area contributed by atoms with Crippen molar-refractivity contribution in [2.24, 2.45) is 5.73 Å². The van der Waals surface area contributed by atoms with Crippen LogP contribution in [0.4, 0.5) is 0 Å². The second-order valence-electron chi connectivity index (χ2n) is 10.7. The Bertz CT molecular complexity index is 1600. The predicted octanol–water partition coefficient (Wildman–Crippen LogP) is 8.82. The first kappa shape index (κ1) is 32.8.